The number of nitrogens with zero attached hydrogens (tertiary/aromatic N) is 4. The molecule has 1 N–H and O–H groups in total. The average Bonchev–Trinajstić information content (AvgIpc) is 2.95. The van der Waals surface area contributed by atoms with Crippen LogP contribution in [-0.2, 0) is 19.7 Å². The highest BCUT2D eigenvalue weighted by Crippen LogP contribution is 2.17. The van der Waals surface area contributed by atoms with E-state index in [1.165, 1.54) is 20.0 Å². The van der Waals surface area contributed by atoms with Gasteiger partial charge in [-0.15, -0.1) is 0 Å². The van der Waals surface area contributed by atoms with Crippen LogP contribution in [0.1, 0.15) is 6.92 Å². The molecule has 0 amide bonds. The van der Waals surface area contributed by atoms with E-state index in [0.717, 1.165) is 48.2 Å². The minimum Gasteiger partial charge on any atom is -0.314 e. The average molecular weight is 817 g/mol. The summed E-state index contributed by atoms with van der Waals surface area (Å²) in [7, 11) is -2.01. The van der Waals surface area contributed by atoms with Gasteiger partial charge in [-0.1, -0.05) is 47.8 Å². The number of halogens is 3. The largest absolute Gasteiger partial charge is 0.314 e. The van der Waals surface area contributed by atoms with Crippen molar-refractivity contribution in [2.24, 2.45) is 0 Å². The number of rotatable bonds is 7. The first-order chi connectivity index (χ1) is 19.8. The van der Waals surface area contributed by atoms with Crippen molar-refractivity contribution in [2.45, 2.75) is 16.7 Å². The smallest absolute Gasteiger partial charge is 0.179 e. The predicted molar refractivity (Wildman–Crippen MR) is 182 cm³/mol. The van der Waals surface area contributed by atoms with E-state index in [0.29, 0.717) is 21.7 Å². The van der Waals surface area contributed by atoms with Crippen molar-refractivity contribution in [1.29, 1.82) is 5.26 Å². The second-order valence-corrected chi connectivity index (χ2v) is 16.5. The van der Waals surface area contributed by atoms with Gasteiger partial charge in [0, 0.05) is 80.1 Å². The molecule has 9 nitrogen and oxygen atoms in total. The molecule has 0 radical (unpaired) electrons. The first-order valence-electron chi connectivity index (χ1n) is 13.5. The quantitative estimate of drug-likeness (QED) is 0.413. The molecule has 2 heterocycles. The number of likely N-dealkylation sites (N-methyl/N-ethyl adjacent to an activating group) is 2. The summed E-state index contributed by atoms with van der Waals surface area (Å²) in [6.07, 6.45) is 0. The number of alkyl halides is 1. The third kappa shape index (κ3) is 16.3. The summed E-state index contributed by atoms with van der Waals surface area (Å²) in [5, 5.41) is 11.1. The van der Waals surface area contributed by atoms with Crippen molar-refractivity contribution in [3.05, 3.63) is 57.5 Å². The Morgan fingerprint density at radius 3 is 1.48 bits per heavy atom. The number of nitriles is 1. The van der Waals surface area contributed by atoms with Crippen LogP contribution >= 0.6 is 47.8 Å². The van der Waals surface area contributed by atoms with Gasteiger partial charge in [-0.3, -0.25) is 4.90 Å². The minimum absolute atomic E-state index is 0.134. The Hall–Kier alpha value is -0.890. The van der Waals surface area contributed by atoms with Crippen LogP contribution in [0.2, 0.25) is 0 Å². The Labute approximate surface area is 277 Å². The molecular formula is C28H42Br3N5O4S2. The normalized spacial score (nSPS) is 16.4. The molecule has 4 rings (SSSR count). The zero-order valence-corrected chi connectivity index (χ0v) is 30.9. The Kier molecular flexibility index (Phi) is 19.5. The molecule has 2 fully saturated rings. The fraction of sp³-hybridized carbons (Fsp3) is 0.536. The summed E-state index contributed by atoms with van der Waals surface area (Å²) in [6, 6.07) is 15.2. The topological polar surface area (TPSA) is 114 Å². The van der Waals surface area contributed by atoms with E-state index in [9.17, 15) is 16.8 Å². The molecule has 0 atom stereocenters. The van der Waals surface area contributed by atoms with E-state index in [1.807, 2.05) is 0 Å². The number of sulfone groups is 2. The molecule has 2 aromatic carbocycles. The van der Waals surface area contributed by atoms with Crippen molar-refractivity contribution in [1.82, 2.24) is 20.0 Å². The van der Waals surface area contributed by atoms with Gasteiger partial charge >= 0.3 is 0 Å². The molecule has 2 aromatic rings. The number of hydrogen-bond donors (Lipinski definition) is 1. The van der Waals surface area contributed by atoms with Crippen molar-refractivity contribution in [3.8, 4) is 6.07 Å². The minimum atomic E-state index is -3.17. The second-order valence-electron chi connectivity index (χ2n) is 9.66. The van der Waals surface area contributed by atoms with Gasteiger partial charge < -0.3 is 15.1 Å². The molecule has 0 spiro atoms. The fourth-order valence-corrected chi connectivity index (χ4v) is 7.80. The first kappa shape index (κ1) is 39.1. The monoisotopic (exact) mass is 813 g/mol. The van der Waals surface area contributed by atoms with E-state index in [-0.39, 0.29) is 11.5 Å². The molecule has 0 aliphatic carbocycles. The molecule has 2 aliphatic rings. The van der Waals surface area contributed by atoms with Gasteiger partial charge in [0.15, 0.2) is 19.7 Å². The van der Waals surface area contributed by atoms with E-state index >= 15 is 0 Å². The van der Waals surface area contributed by atoms with Crippen molar-refractivity contribution in [2.75, 3.05) is 89.8 Å². The van der Waals surface area contributed by atoms with Gasteiger partial charge in [0.25, 0.3) is 0 Å². The van der Waals surface area contributed by atoms with E-state index in [2.05, 4.69) is 81.9 Å². The maximum atomic E-state index is 12.2. The van der Waals surface area contributed by atoms with Crippen molar-refractivity contribution in [3.63, 3.8) is 0 Å². The molecular weight excluding hydrogens is 774 g/mol. The standard InChI is InChI=1S/C13H19BrN2O2S.C8H8Br2O2S.C5H12N2.C2H3N/c1-15-6-8-16(9-7-15)10-11-19(17,18)13-4-2-12(14)3-5-13;9-5-6-13(11,12)8-3-1-7(10)2-4-8;1-7-4-2-6-3-5-7;1-2-3/h2-5H,6-11H2,1H3;1-4H,5-6H2;6H,2-5H2,1H3;1H3. The molecule has 0 aromatic heterocycles. The first-order valence-corrected chi connectivity index (χ1v) is 19.5. The van der Waals surface area contributed by atoms with Gasteiger partial charge in [-0.2, -0.15) is 5.26 Å². The fourth-order valence-electron chi connectivity index (χ4n) is 3.72. The third-order valence-corrected chi connectivity index (χ3v) is 11.7. The predicted octanol–water partition coefficient (Wildman–Crippen LogP) is 4.14. The molecule has 14 heteroatoms. The Morgan fingerprint density at radius 2 is 1.12 bits per heavy atom. The van der Waals surface area contributed by atoms with Crippen LogP contribution in [0.15, 0.2) is 67.3 Å². The van der Waals surface area contributed by atoms with Crippen LogP contribution < -0.4 is 5.32 Å². The number of hydrogen-bond acceptors (Lipinski definition) is 9. The van der Waals surface area contributed by atoms with E-state index < -0.39 is 19.7 Å². The van der Waals surface area contributed by atoms with Gasteiger partial charge in [0.05, 0.1) is 27.4 Å². The lowest BCUT2D eigenvalue weighted by Gasteiger charge is -2.32. The summed E-state index contributed by atoms with van der Waals surface area (Å²) in [5.74, 6) is 0.326. The lowest BCUT2D eigenvalue weighted by molar-refractivity contribution is 0.161. The summed E-state index contributed by atoms with van der Waals surface area (Å²) >= 11 is 9.67. The Morgan fingerprint density at radius 1 is 0.738 bits per heavy atom. The molecule has 2 saturated heterocycles. The number of piperazine rings is 2. The maximum absolute atomic E-state index is 12.2. The number of nitrogens with one attached hydrogen (secondary N) is 1. The lowest BCUT2D eigenvalue weighted by atomic mass is 10.3. The van der Waals surface area contributed by atoms with Crippen LogP contribution in [-0.4, -0.2) is 121 Å². The van der Waals surface area contributed by atoms with Gasteiger partial charge in [-0.05, 0) is 62.6 Å². The summed E-state index contributed by atoms with van der Waals surface area (Å²) < 4.78 is 49.2. The molecule has 42 heavy (non-hydrogen) atoms. The van der Waals surface area contributed by atoms with E-state index in [4.69, 9.17) is 5.26 Å². The molecule has 0 saturated carbocycles. The maximum Gasteiger partial charge on any atom is 0.179 e. The highest BCUT2D eigenvalue weighted by atomic mass is 79.9. The Balaban J connectivity index is 0.000000330. The third-order valence-electron chi connectivity index (χ3n) is 6.30. The van der Waals surface area contributed by atoms with Gasteiger partial charge in [0.2, 0.25) is 0 Å². The van der Waals surface area contributed by atoms with Crippen LogP contribution in [0.25, 0.3) is 0 Å². The highest BCUT2D eigenvalue weighted by molar-refractivity contribution is 9.10. The SMILES string of the molecule is CC#N.CN1CCN(CCS(=O)(=O)c2ccc(Br)cc2)CC1.CN1CCNCC1.O=S(=O)(CCBr)c1ccc(Br)cc1. The van der Waals surface area contributed by atoms with Crippen LogP contribution in [0.5, 0.6) is 0 Å². The Bertz CT molecular complexity index is 1280. The van der Waals surface area contributed by atoms with Crippen LogP contribution in [0.4, 0.5) is 0 Å². The number of benzene rings is 2. The van der Waals surface area contributed by atoms with Crippen molar-refractivity contribution >= 4 is 67.5 Å². The van der Waals surface area contributed by atoms with Crippen LogP contribution in [0.3, 0.4) is 0 Å². The van der Waals surface area contributed by atoms with Gasteiger partial charge in [-0.25, -0.2) is 16.8 Å². The highest BCUT2D eigenvalue weighted by Gasteiger charge is 2.19. The zero-order chi connectivity index (χ0) is 31.6. The van der Waals surface area contributed by atoms with Crippen molar-refractivity contribution < 1.29 is 16.8 Å². The lowest BCUT2D eigenvalue weighted by Crippen LogP contribution is -2.45. The molecule has 0 unspecified atom stereocenters. The van der Waals surface area contributed by atoms with E-state index in [1.54, 1.807) is 54.6 Å². The zero-order valence-electron chi connectivity index (χ0n) is 24.5. The summed E-state index contributed by atoms with van der Waals surface area (Å²) in [6.45, 7) is 10.7. The molecule has 0 bridgehead atoms. The summed E-state index contributed by atoms with van der Waals surface area (Å²) in [4.78, 5) is 7.59. The molecule has 2 aliphatic heterocycles. The second kappa shape index (κ2) is 21.0. The van der Waals surface area contributed by atoms with Crippen LogP contribution in [0, 0.1) is 11.3 Å². The molecule has 236 valence electrons. The summed E-state index contributed by atoms with van der Waals surface area (Å²) in [5.41, 5.74) is 0. The van der Waals surface area contributed by atoms with Gasteiger partial charge in [0.1, 0.15) is 0 Å².